The maximum atomic E-state index is 2.18. The first-order chi connectivity index (χ1) is 2.50. The van der Waals surface area contributed by atoms with Crippen molar-refractivity contribution in [3.63, 3.8) is 0 Å². The van der Waals surface area contributed by atoms with E-state index in [1.54, 1.807) is 0 Å². The summed E-state index contributed by atoms with van der Waals surface area (Å²) in [6, 6.07) is 0. The van der Waals surface area contributed by atoms with E-state index >= 15 is 0 Å². The Bertz CT molecular complexity index is 41.9. The predicted molar refractivity (Wildman–Crippen MR) is 22.7 cm³/mol. The zero-order valence-corrected chi connectivity index (χ0v) is 4.15. The topological polar surface area (TPSA) is 0 Å². The zero-order valence-electron chi connectivity index (χ0n) is 4.15. The van der Waals surface area contributed by atoms with Crippen LogP contribution in [0.1, 0.15) is 12.8 Å². The van der Waals surface area contributed by atoms with Gasteiger partial charge < -0.3 is 0 Å². The molecule has 1 aliphatic rings. The van der Waals surface area contributed by atoms with Gasteiger partial charge in [-0.1, -0.05) is 0 Å². The number of allylic oxidation sites excluding steroid dienone is 2. The Morgan fingerprint density at radius 2 is 2.33 bits per heavy atom. The molecule has 0 aliphatic heterocycles. The maximum Gasteiger partial charge on any atom is 1.00 e. The fraction of sp³-hybridized carbons (Fsp3) is 0.400. The molecule has 0 aromatic heterocycles. The molecule has 1 aliphatic carbocycles. The van der Waals surface area contributed by atoms with Crippen LogP contribution in [0.5, 0.6) is 0 Å². The zero-order chi connectivity index (χ0) is 3.54. The largest absolute Gasteiger partial charge is 1.00 e. The minimum atomic E-state index is 0. The van der Waals surface area contributed by atoms with E-state index in [1.807, 2.05) is 0 Å². The molecule has 0 aromatic carbocycles. The summed E-state index contributed by atoms with van der Waals surface area (Å²) in [5, 5.41) is 0. The molecule has 28 valence electrons. The van der Waals surface area contributed by atoms with E-state index in [-0.39, 0.29) is 18.9 Å². The van der Waals surface area contributed by atoms with Gasteiger partial charge in [-0.3, -0.25) is 0 Å². The average Bonchev–Trinajstić information content (AvgIpc) is 1.76. The first-order valence-electron chi connectivity index (χ1n) is 1.98. The summed E-state index contributed by atoms with van der Waals surface area (Å²) in [6.45, 7) is 0. The smallest absolute Gasteiger partial charge is 0.232 e. The fourth-order valence-electron chi connectivity index (χ4n) is 0.481. The monoisotopic (exact) mass is 74.1 g/mol. The van der Waals surface area contributed by atoms with Crippen LogP contribution in [0.4, 0.5) is 0 Å². The summed E-state index contributed by atoms with van der Waals surface area (Å²) < 4.78 is 0. The molecule has 0 saturated heterocycles. The van der Waals surface area contributed by atoms with E-state index in [9.17, 15) is 0 Å². The van der Waals surface area contributed by atoms with E-state index in [2.05, 4.69) is 18.6 Å². The van der Waals surface area contributed by atoms with Crippen LogP contribution in [0.3, 0.4) is 0 Å². The van der Waals surface area contributed by atoms with Gasteiger partial charge in [0.15, 0.2) is 0 Å². The molecule has 1 heteroatoms. The van der Waals surface area contributed by atoms with Gasteiger partial charge in [-0.25, -0.2) is 18.6 Å². The molecule has 0 spiro atoms. The van der Waals surface area contributed by atoms with Crippen molar-refractivity contribution in [2.24, 2.45) is 0 Å². The Balaban J connectivity index is 0.000000250. The van der Waals surface area contributed by atoms with Gasteiger partial charge in [-0.15, -0.1) is 12.8 Å². The second-order valence-electron chi connectivity index (χ2n) is 1.24. The Morgan fingerprint density at radius 3 is 2.50 bits per heavy atom. The van der Waals surface area contributed by atoms with Crippen LogP contribution in [0.15, 0.2) is 12.2 Å². The number of hydrogen-bond donors (Lipinski definition) is 0. The van der Waals surface area contributed by atoms with E-state index in [0.29, 0.717) is 0 Å². The van der Waals surface area contributed by atoms with Gasteiger partial charge in [0.25, 0.3) is 0 Å². The molecule has 0 atom stereocenters. The van der Waals surface area contributed by atoms with Gasteiger partial charge in [0.2, 0.25) is 0 Å². The first kappa shape index (κ1) is 6.21. The minimum Gasteiger partial charge on any atom is -0.232 e. The normalized spacial score (nSPS) is 16.0. The van der Waals surface area contributed by atoms with Crippen LogP contribution >= 0.6 is 0 Å². The maximum absolute atomic E-state index is 2.18. The van der Waals surface area contributed by atoms with Crippen molar-refractivity contribution in [2.45, 2.75) is 12.8 Å². The number of hydrogen-bond acceptors (Lipinski definition) is 0. The minimum absolute atomic E-state index is 0. The molecule has 1 rings (SSSR count). The first-order valence-corrected chi connectivity index (χ1v) is 1.98. The van der Waals surface area contributed by atoms with Crippen molar-refractivity contribution in [1.82, 2.24) is 0 Å². The van der Waals surface area contributed by atoms with E-state index < -0.39 is 0 Å². The SMILES string of the molecule is C1=CCC[CH-]1.[Li+]. The Morgan fingerprint density at radius 1 is 1.50 bits per heavy atom. The van der Waals surface area contributed by atoms with Crippen molar-refractivity contribution in [2.75, 3.05) is 0 Å². The molecule has 0 bridgehead atoms. The van der Waals surface area contributed by atoms with Gasteiger partial charge in [0.05, 0.1) is 0 Å². The fourth-order valence-corrected chi connectivity index (χ4v) is 0.481. The standard InChI is InChI=1S/C5H7.Li/c1-2-4-5-3-1;/h1-3H,4-5H2;/q-1;+1. The second kappa shape index (κ2) is 3.40. The van der Waals surface area contributed by atoms with E-state index in [0.717, 1.165) is 0 Å². The third-order valence-electron chi connectivity index (χ3n) is 0.772. The van der Waals surface area contributed by atoms with Gasteiger partial charge in [-0.05, 0) is 0 Å². The molecule has 0 N–H and O–H groups in total. The van der Waals surface area contributed by atoms with Crippen LogP contribution < -0.4 is 18.9 Å². The molecule has 0 saturated carbocycles. The van der Waals surface area contributed by atoms with Crippen molar-refractivity contribution in [3.8, 4) is 0 Å². The van der Waals surface area contributed by atoms with E-state index in [1.165, 1.54) is 12.8 Å². The second-order valence-corrected chi connectivity index (χ2v) is 1.24. The molecule has 0 nitrogen and oxygen atoms in total. The Labute approximate surface area is 50.8 Å². The van der Waals surface area contributed by atoms with Gasteiger partial charge >= 0.3 is 18.9 Å². The average molecular weight is 74.1 g/mol. The molecule has 0 unspecified atom stereocenters. The molecule has 0 fully saturated rings. The van der Waals surface area contributed by atoms with Crippen molar-refractivity contribution < 1.29 is 18.9 Å². The summed E-state index contributed by atoms with van der Waals surface area (Å²) in [6.07, 6.45) is 9.00. The van der Waals surface area contributed by atoms with Crippen LogP contribution in [0, 0.1) is 6.42 Å². The summed E-state index contributed by atoms with van der Waals surface area (Å²) in [7, 11) is 0. The molecular weight excluding hydrogens is 67.0 g/mol. The Kier molecular flexibility index (Phi) is 3.52. The van der Waals surface area contributed by atoms with Crippen molar-refractivity contribution in [1.29, 1.82) is 0 Å². The third kappa shape index (κ3) is 1.60. The summed E-state index contributed by atoms with van der Waals surface area (Å²) in [5.41, 5.74) is 0. The van der Waals surface area contributed by atoms with Gasteiger partial charge in [0, 0.05) is 0 Å². The molecule has 6 heavy (non-hydrogen) atoms. The van der Waals surface area contributed by atoms with Crippen molar-refractivity contribution in [3.05, 3.63) is 18.6 Å². The Hall–Kier alpha value is 0.207. The molecular formula is C5H7Li. The third-order valence-corrected chi connectivity index (χ3v) is 0.772. The molecule has 0 aromatic rings. The quantitative estimate of drug-likeness (QED) is 0.243. The predicted octanol–water partition coefficient (Wildman–Crippen LogP) is -1.46. The van der Waals surface area contributed by atoms with Gasteiger partial charge in [0.1, 0.15) is 0 Å². The molecule has 0 heterocycles. The summed E-state index contributed by atoms with van der Waals surface area (Å²) in [5.74, 6) is 0. The number of rotatable bonds is 0. The molecule has 0 radical (unpaired) electrons. The summed E-state index contributed by atoms with van der Waals surface area (Å²) in [4.78, 5) is 0. The van der Waals surface area contributed by atoms with E-state index in [4.69, 9.17) is 0 Å². The van der Waals surface area contributed by atoms with Crippen LogP contribution in [0.25, 0.3) is 0 Å². The molecule has 0 amide bonds. The summed E-state index contributed by atoms with van der Waals surface area (Å²) >= 11 is 0. The van der Waals surface area contributed by atoms with Crippen LogP contribution in [-0.4, -0.2) is 0 Å². The van der Waals surface area contributed by atoms with Crippen LogP contribution in [0.2, 0.25) is 0 Å². The van der Waals surface area contributed by atoms with Crippen molar-refractivity contribution >= 4 is 0 Å². The van der Waals surface area contributed by atoms with Gasteiger partial charge in [-0.2, -0.15) is 0 Å². The van der Waals surface area contributed by atoms with Crippen LogP contribution in [-0.2, 0) is 0 Å².